The normalized spacial score (nSPS) is 15.6. The molecule has 0 amide bonds. The third-order valence-electron chi connectivity index (χ3n) is 5.32. The van der Waals surface area contributed by atoms with Crippen LogP contribution in [0.3, 0.4) is 0 Å². The summed E-state index contributed by atoms with van der Waals surface area (Å²) in [7, 11) is 0. The van der Waals surface area contributed by atoms with Gasteiger partial charge in [-0.3, -0.25) is 0 Å². The lowest BCUT2D eigenvalue weighted by molar-refractivity contribution is 0.0824. The lowest BCUT2D eigenvalue weighted by Gasteiger charge is -2.21. The van der Waals surface area contributed by atoms with Crippen LogP contribution in [0.4, 0.5) is 0 Å². The fourth-order valence-corrected chi connectivity index (χ4v) is 3.64. The average Bonchev–Trinajstić information content (AvgIpc) is 2.63. The van der Waals surface area contributed by atoms with Crippen molar-refractivity contribution in [2.45, 2.75) is 71.1 Å². The van der Waals surface area contributed by atoms with Crippen LogP contribution in [0.25, 0.3) is 0 Å². The standard InChI is InChI=1S/C22H37NO2/c1-19-17-20(11-12-22(19)24)13-15-23-14-7-2-3-8-16-25-18-21-9-5-4-6-10-21/h11-12,17,21,23-24H,2-10,13-16,18H2,1H3. The fourth-order valence-electron chi connectivity index (χ4n) is 3.64. The Kier molecular flexibility index (Phi) is 9.98. The highest BCUT2D eigenvalue weighted by Gasteiger charge is 2.12. The van der Waals surface area contributed by atoms with E-state index in [1.54, 1.807) is 6.07 Å². The predicted octanol–water partition coefficient (Wildman–Crippen LogP) is 4.99. The fraction of sp³-hybridized carbons (Fsp3) is 0.727. The van der Waals surface area contributed by atoms with E-state index in [9.17, 15) is 5.11 Å². The summed E-state index contributed by atoms with van der Waals surface area (Å²) in [4.78, 5) is 0. The van der Waals surface area contributed by atoms with E-state index in [-0.39, 0.29) is 0 Å². The van der Waals surface area contributed by atoms with E-state index in [0.717, 1.165) is 44.2 Å². The van der Waals surface area contributed by atoms with Crippen LogP contribution >= 0.6 is 0 Å². The van der Waals surface area contributed by atoms with E-state index in [4.69, 9.17) is 4.74 Å². The Bertz CT molecular complexity index is 469. The molecule has 0 atom stereocenters. The van der Waals surface area contributed by atoms with Crippen LogP contribution in [-0.2, 0) is 11.2 Å². The smallest absolute Gasteiger partial charge is 0.118 e. The molecular formula is C22H37NO2. The predicted molar refractivity (Wildman–Crippen MR) is 105 cm³/mol. The molecule has 1 fully saturated rings. The summed E-state index contributed by atoms with van der Waals surface area (Å²) in [5, 5.41) is 13.1. The minimum atomic E-state index is 0.388. The lowest BCUT2D eigenvalue weighted by Crippen LogP contribution is -2.18. The topological polar surface area (TPSA) is 41.5 Å². The molecule has 0 spiro atoms. The van der Waals surface area contributed by atoms with Crippen LogP contribution in [0, 0.1) is 12.8 Å². The molecule has 0 aromatic heterocycles. The van der Waals surface area contributed by atoms with E-state index in [1.165, 1.54) is 63.4 Å². The highest BCUT2D eigenvalue weighted by Crippen LogP contribution is 2.23. The van der Waals surface area contributed by atoms with Crippen LogP contribution in [-0.4, -0.2) is 31.4 Å². The molecule has 0 unspecified atom stereocenters. The highest BCUT2D eigenvalue weighted by atomic mass is 16.5. The first-order valence-electron chi connectivity index (χ1n) is 10.3. The molecule has 0 radical (unpaired) electrons. The number of benzene rings is 1. The lowest BCUT2D eigenvalue weighted by atomic mass is 9.90. The molecule has 2 N–H and O–H groups in total. The van der Waals surface area contributed by atoms with Crippen LogP contribution in [0.15, 0.2) is 18.2 Å². The molecule has 25 heavy (non-hydrogen) atoms. The Labute approximate surface area is 154 Å². The maximum absolute atomic E-state index is 9.53. The third kappa shape index (κ3) is 8.73. The van der Waals surface area contributed by atoms with Gasteiger partial charge in [-0.25, -0.2) is 0 Å². The van der Waals surface area contributed by atoms with Crippen molar-refractivity contribution in [1.29, 1.82) is 0 Å². The summed E-state index contributed by atoms with van der Waals surface area (Å²) in [5.74, 6) is 1.23. The summed E-state index contributed by atoms with van der Waals surface area (Å²) in [5.41, 5.74) is 2.25. The van der Waals surface area contributed by atoms with Crippen LogP contribution in [0.2, 0.25) is 0 Å². The third-order valence-corrected chi connectivity index (χ3v) is 5.32. The van der Waals surface area contributed by atoms with Crippen LogP contribution in [0.1, 0.15) is 68.9 Å². The van der Waals surface area contributed by atoms with Crippen LogP contribution < -0.4 is 5.32 Å². The number of nitrogens with one attached hydrogen (secondary N) is 1. The number of unbranched alkanes of at least 4 members (excludes halogenated alkanes) is 3. The summed E-state index contributed by atoms with van der Waals surface area (Å²) in [6.45, 7) is 6.00. The van der Waals surface area contributed by atoms with Crippen molar-refractivity contribution in [1.82, 2.24) is 5.32 Å². The number of phenolic OH excluding ortho intramolecular Hbond substituents is 1. The van der Waals surface area contributed by atoms with Gasteiger partial charge in [-0.05, 0) is 75.2 Å². The Morgan fingerprint density at radius 3 is 2.64 bits per heavy atom. The molecule has 1 aliphatic rings. The van der Waals surface area contributed by atoms with Crippen molar-refractivity contribution in [3.05, 3.63) is 29.3 Å². The van der Waals surface area contributed by atoms with E-state index >= 15 is 0 Å². The number of phenols is 1. The van der Waals surface area contributed by atoms with Gasteiger partial charge in [-0.15, -0.1) is 0 Å². The maximum atomic E-state index is 9.53. The summed E-state index contributed by atoms with van der Waals surface area (Å²) >= 11 is 0. The Balaban J connectivity index is 1.35. The second-order valence-electron chi connectivity index (χ2n) is 7.61. The maximum Gasteiger partial charge on any atom is 0.118 e. The van der Waals surface area contributed by atoms with Gasteiger partial charge in [0.05, 0.1) is 0 Å². The molecule has 0 heterocycles. The average molecular weight is 348 g/mol. The quantitative estimate of drug-likeness (QED) is 0.523. The van der Waals surface area contributed by atoms with Gasteiger partial charge in [0.25, 0.3) is 0 Å². The zero-order chi connectivity index (χ0) is 17.7. The second kappa shape index (κ2) is 12.3. The molecule has 3 heteroatoms. The SMILES string of the molecule is Cc1cc(CCNCCCCCCOCC2CCCCC2)ccc1O. The molecule has 1 aliphatic carbocycles. The van der Waals surface area contributed by atoms with Gasteiger partial charge >= 0.3 is 0 Å². The van der Waals surface area contributed by atoms with Crippen molar-refractivity contribution >= 4 is 0 Å². The summed E-state index contributed by atoms with van der Waals surface area (Å²) in [6, 6.07) is 5.88. The molecule has 1 aromatic carbocycles. The van der Waals surface area contributed by atoms with Gasteiger partial charge in [-0.1, -0.05) is 44.2 Å². The van der Waals surface area contributed by atoms with Crippen molar-refractivity contribution in [3.63, 3.8) is 0 Å². The molecule has 0 bridgehead atoms. The first kappa shape index (κ1) is 20.3. The van der Waals surface area contributed by atoms with Gasteiger partial charge in [0.15, 0.2) is 0 Å². The molecule has 3 nitrogen and oxygen atoms in total. The largest absolute Gasteiger partial charge is 0.508 e. The zero-order valence-electron chi connectivity index (χ0n) is 16.1. The Morgan fingerprint density at radius 1 is 1.04 bits per heavy atom. The van der Waals surface area contributed by atoms with Gasteiger partial charge < -0.3 is 15.2 Å². The van der Waals surface area contributed by atoms with E-state index in [0.29, 0.717) is 5.75 Å². The van der Waals surface area contributed by atoms with Crippen molar-refractivity contribution in [3.8, 4) is 5.75 Å². The summed E-state index contributed by atoms with van der Waals surface area (Å²) < 4.78 is 5.85. The van der Waals surface area contributed by atoms with Gasteiger partial charge in [0.1, 0.15) is 5.75 Å². The van der Waals surface area contributed by atoms with E-state index in [2.05, 4.69) is 11.4 Å². The van der Waals surface area contributed by atoms with Gasteiger partial charge in [-0.2, -0.15) is 0 Å². The number of hydrogen-bond acceptors (Lipinski definition) is 3. The van der Waals surface area contributed by atoms with Crippen molar-refractivity contribution in [2.24, 2.45) is 5.92 Å². The van der Waals surface area contributed by atoms with Crippen molar-refractivity contribution in [2.75, 3.05) is 26.3 Å². The molecule has 0 aliphatic heterocycles. The number of rotatable bonds is 12. The molecule has 1 saturated carbocycles. The highest BCUT2D eigenvalue weighted by molar-refractivity contribution is 5.34. The number of hydrogen-bond donors (Lipinski definition) is 2. The second-order valence-corrected chi connectivity index (χ2v) is 7.61. The number of aryl methyl sites for hydroxylation is 1. The first-order valence-corrected chi connectivity index (χ1v) is 10.3. The first-order chi connectivity index (χ1) is 12.3. The molecule has 0 saturated heterocycles. The minimum Gasteiger partial charge on any atom is -0.508 e. The molecule has 1 aromatic rings. The Hall–Kier alpha value is -1.06. The van der Waals surface area contributed by atoms with Crippen LogP contribution in [0.5, 0.6) is 5.75 Å². The van der Waals surface area contributed by atoms with Crippen molar-refractivity contribution < 1.29 is 9.84 Å². The molecule has 142 valence electrons. The number of aromatic hydroxyl groups is 1. The minimum absolute atomic E-state index is 0.388. The van der Waals surface area contributed by atoms with Gasteiger partial charge in [0, 0.05) is 13.2 Å². The molecule has 2 rings (SSSR count). The van der Waals surface area contributed by atoms with E-state index in [1.807, 2.05) is 13.0 Å². The monoisotopic (exact) mass is 347 g/mol. The molecular weight excluding hydrogens is 310 g/mol. The number of ether oxygens (including phenoxy) is 1. The van der Waals surface area contributed by atoms with E-state index < -0.39 is 0 Å². The summed E-state index contributed by atoms with van der Waals surface area (Å²) in [6.07, 6.45) is 13.1. The van der Waals surface area contributed by atoms with Gasteiger partial charge in [0.2, 0.25) is 0 Å². The zero-order valence-corrected chi connectivity index (χ0v) is 16.1. The Morgan fingerprint density at radius 2 is 1.84 bits per heavy atom.